The molecule has 0 spiro atoms. The van der Waals surface area contributed by atoms with E-state index >= 15 is 0 Å². The van der Waals surface area contributed by atoms with Crippen molar-refractivity contribution >= 4 is 23.2 Å². The molecule has 4 nitrogen and oxygen atoms in total. The summed E-state index contributed by atoms with van der Waals surface area (Å²) >= 11 is 12.3. The first-order valence-corrected chi connectivity index (χ1v) is 7.57. The van der Waals surface area contributed by atoms with Gasteiger partial charge in [0.25, 0.3) is 0 Å². The highest BCUT2D eigenvalue weighted by Gasteiger charge is 2.17. The van der Waals surface area contributed by atoms with Crippen molar-refractivity contribution in [2.75, 3.05) is 0 Å². The van der Waals surface area contributed by atoms with Gasteiger partial charge in [-0.2, -0.15) is 5.10 Å². The third kappa shape index (κ3) is 3.77. The molecule has 2 aromatic rings. The third-order valence-corrected chi connectivity index (χ3v) is 4.42. The van der Waals surface area contributed by atoms with Crippen LogP contribution in [-0.4, -0.2) is 15.8 Å². The predicted octanol–water partition coefficient (Wildman–Crippen LogP) is 2.96. The molecule has 6 heteroatoms. The number of nitrogens with one attached hydrogen (secondary N) is 1. The monoisotopic (exact) mass is 326 g/mol. The number of halogens is 2. The Bertz CT molecular complexity index is 637. The number of hydrazine groups is 1. The Kier molecular flexibility index (Phi) is 5.27. The normalized spacial score (nSPS) is 12.7. The van der Waals surface area contributed by atoms with Gasteiger partial charge in [-0.05, 0) is 56.0 Å². The number of nitrogens with zero attached hydrogens (tertiary/aromatic N) is 2. The van der Waals surface area contributed by atoms with Crippen LogP contribution in [0, 0.1) is 13.8 Å². The Morgan fingerprint density at radius 3 is 2.57 bits per heavy atom. The fourth-order valence-electron chi connectivity index (χ4n) is 2.51. The Balaban J connectivity index is 2.19. The molecule has 0 radical (unpaired) electrons. The summed E-state index contributed by atoms with van der Waals surface area (Å²) in [5, 5.41) is 5.82. The molecule has 1 atom stereocenters. The van der Waals surface area contributed by atoms with Gasteiger partial charge in [0.2, 0.25) is 0 Å². The van der Waals surface area contributed by atoms with Crippen LogP contribution in [0.15, 0.2) is 18.2 Å². The zero-order valence-corrected chi connectivity index (χ0v) is 14.0. The number of hydrogen-bond acceptors (Lipinski definition) is 3. The second kappa shape index (κ2) is 6.79. The maximum Gasteiger partial charge on any atom is 0.0628 e. The summed E-state index contributed by atoms with van der Waals surface area (Å²) < 4.78 is 1.89. The minimum Gasteiger partial charge on any atom is -0.272 e. The van der Waals surface area contributed by atoms with Crippen LogP contribution in [0.2, 0.25) is 10.0 Å². The van der Waals surface area contributed by atoms with Gasteiger partial charge >= 0.3 is 0 Å². The van der Waals surface area contributed by atoms with Gasteiger partial charge < -0.3 is 0 Å². The van der Waals surface area contributed by atoms with E-state index in [4.69, 9.17) is 29.0 Å². The number of benzene rings is 1. The van der Waals surface area contributed by atoms with E-state index in [1.807, 2.05) is 30.8 Å². The molecule has 21 heavy (non-hydrogen) atoms. The zero-order chi connectivity index (χ0) is 15.6. The van der Waals surface area contributed by atoms with E-state index in [1.165, 1.54) is 5.56 Å². The van der Waals surface area contributed by atoms with Crippen molar-refractivity contribution < 1.29 is 0 Å². The summed E-state index contributed by atoms with van der Waals surface area (Å²) in [5.41, 5.74) is 7.28. The summed E-state index contributed by atoms with van der Waals surface area (Å²) in [6.45, 7) is 4.08. The Morgan fingerprint density at radius 2 is 2.00 bits per heavy atom. The predicted molar refractivity (Wildman–Crippen MR) is 87.7 cm³/mol. The second-order valence-corrected chi connectivity index (χ2v) is 6.12. The van der Waals surface area contributed by atoms with Gasteiger partial charge in [0.1, 0.15) is 0 Å². The summed E-state index contributed by atoms with van der Waals surface area (Å²) in [6.07, 6.45) is 1.51. The van der Waals surface area contributed by atoms with Gasteiger partial charge in [0.15, 0.2) is 0 Å². The largest absolute Gasteiger partial charge is 0.272 e. The minimum atomic E-state index is 0.0718. The van der Waals surface area contributed by atoms with E-state index in [2.05, 4.69) is 17.4 Å². The molecule has 1 aromatic heterocycles. The highest BCUT2D eigenvalue weighted by Crippen LogP contribution is 2.23. The van der Waals surface area contributed by atoms with Gasteiger partial charge in [0.05, 0.1) is 5.69 Å². The van der Waals surface area contributed by atoms with Crippen molar-refractivity contribution in [2.45, 2.75) is 32.7 Å². The van der Waals surface area contributed by atoms with E-state index in [-0.39, 0.29) is 6.04 Å². The topological polar surface area (TPSA) is 55.9 Å². The SMILES string of the molecule is Cc1nn(C)c(C)c1CC(Cc1cc(Cl)ccc1Cl)NN. The number of aryl methyl sites for hydroxylation is 2. The van der Waals surface area contributed by atoms with Gasteiger partial charge in [-0.3, -0.25) is 16.0 Å². The second-order valence-electron chi connectivity index (χ2n) is 5.28. The maximum atomic E-state index is 6.22. The highest BCUT2D eigenvalue weighted by molar-refractivity contribution is 6.33. The summed E-state index contributed by atoms with van der Waals surface area (Å²) in [4.78, 5) is 0. The first-order chi connectivity index (χ1) is 9.92. The Morgan fingerprint density at radius 1 is 1.29 bits per heavy atom. The van der Waals surface area contributed by atoms with Crippen molar-refractivity contribution in [3.8, 4) is 0 Å². The average molecular weight is 327 g/mol. The lowest BCUT2D eigenvalue weighted by Gasteiger charge is -2.17. The molecular weight excluding hydrogens is 307 g/mol. The van der Waals surface area contributed by atoms with Crippen LogP contribution >= 0.6 is 23.2 Å². The third-order valence-electron chi connectivity index (χ3n) is 3.82. The molecule has 0 fully saturated rings. The molecule has 1 unspecified atom stereocenters. The molecule has 0 aliphatic rings. The van der Waals surface area contributed by atoms with E-state index in [0.29, 0.717) is 16.5 Å². The number of aromatic nitrogens is 2. The average Bonchev–Trinajstić information content (AvgIpc) is 2.68. The Labute approximate surface area is 135 Å². The van der Waals surface area contributed by atoms with Gasteiger partial charge in [-0.15, -0.1) is 0 Å². The van der Waals surface area contributed by atoms with Crippen molar-refractivity contribution in [3.05, 3.63) is 50.8 Å². The number of rotatable bonds is 5. The van der Waals surface area contributed by atoms with E-state index in [0.717, 1.165) is 23.4 Å². The van der Waals surface area contributed by atoms with E-state index < -0.39 is 0 Å². The smallest absolute Gasteiger partial charge is 0.0628 e. The van der Waals surface area contributed by atoms with Crippen molar-refractivity contribution in [3.63, 3.8) is 0 Å². The zero-order valence-electron chi connectivity index (χ0n) is 12.5. The molecule has 0 saturated heterocycles. The fourth-order valence-corrected chi connectivity index (χ4v) is 2.90. The van der Waals surface area contributed by atoms with Crippen LogP contribution in [0.5, 0.6) is 0 Å². The highest BCUT2D eigenvalue weighted by atomic mass is 35.5. The quantitative estimate of drug-likeness (QED) is 0.656. The van der Waals surface area contributed by atoms with Gasteiger partial charge in [0, 0.05) is 28.8 Å². The molecule has 0 bridgehead atoms. The Hall–Kier alpha value is -1.07. The summed E-state index contributed by atoms with van der Waals surface area (Å²) in [7, 11) is 1.95. The summed E-state index contributed by atoms with van der Waals surface area (Å²) in [5.74, 6) is 5.71. The van der Waals surface area contributed by atoms with E-state index in [1.54, 1.807) is 6.07 Å². The first kappa shape index (κ1) is 16.3. The molecule has 0 aliphatic carbocycles. The van der Waals surface area contributed by atoms with Gasteiger partial charge in [-0.1, -0.05) is 23.2 Å². The van der Waals surface area contributed by atoms with Crippen LogP contribution in [0.4, 0.5) is 0 Å². The van der Waals surface area contributed by atoms with Gasteiger partial charge in [-0.25, -0.2) is 0 Å². The molecular formula is C15H20Cl2N4. The molecule has 0 saturated carbocycles. The first-order valence-electron chi connectivity index (χ1n) is 6.81. The van der Waals surface area contributed by atoms with Crippen molar-refractivity contribution in [2.24, 2.45) is 12.9 Å². The van der Waals surface area contributed by atoms with Crippen LogP contribution in [-0.2, 0) is 19.9 Å². The van der Waals surface area contributed by atoms with Crippen molar-refractivity contribution in [1.29, 1.82) is 0 Å². The molecule has 0 amide bonds. The maximum absolute atomic E-state index is 6.22. The lowest BCUT2D eigenvalue weighted by molar-refractivity contribution is 0.520. The van der Waals surface area contributed by atoms with E-state index in [9.17, 15) is 0 Å². The number of hydrogen-bond donors (Lipinski definition) is 2. The number of nitrogens with two attached hydrogens (primary N) is 1. The molecule has 0 aliphatic heterocycles. The molecule has 1 aromatic carbocycles. The fraction of sp³-hybridized carbons (Fsp3) is 0.400. The lowest BCUT2D eigenvalue weighted by Crippen LogP contribution is -2.38. The lowest BCUT2D eigenvalue weighted by atomic mass is 9.98. The molecule has 114 valence electrons. The van der Waals surface area contributed by atoms with Crippen LogP contribution in [0.1, 0.15) is 22.5 Å². The van der Waals surface area contributed by atoms with Crippen molar-refractivity contribution in [1.82, 2.24) is 15.2 Å². The van der Waals surface area contributed by atoms with Crippen LogP contribution in [0.25, 0.3) is 0 Å². The van der Waals surface area contributed by atoms with Crippen LogP contribution in [0.3, 0.4) is 0 Å². The minimum absolute atomic E-state index is 0.0718. The molecule has 2 rings (SSSR count). The van der Waals surface area contributed by atoms with Crippen LogP contribution < -0.4 is 11.3 Å². The molecule has 1 heterocycles. The summed E-state index contributed by atoms with van der Waals surface area (Å²) in [6, 6.07) is 5.56. The molecule has 3 N–H and O–H groups in total. The standard InChI is InChI=1S/C15H20Cl2N4/c1-9-14(10(2)21(3)20-9)8-13(19-18)7-11-6-12(16)4-5-15(11)17/h4-6,13,19H,7-8,18H2,1-3H3.